The lowest BCUT2D eigenvalue weighted by Crippen LogP contribution is -2.41. The van der Waals surface area contributed by atoms with E-state index in [-0.39, 0.29) is 17.8 Å². The summed E-state index contributed by atoms with van der Waals surface area (Å²) in [6.45, 7) is 0.744. The molecule has 1 aliphatic rings. The molecule has 1 N–H and O–H groups in total. The molecule has 9 heteroatoms. The Hall–Kier alpha value is -3.20. The van der Waals surface area contributed by atoms with Crippen molar-refractivity contribution in [2.75, 3.05) is 26.0 Å². The van der Waals surface area contributed by atoms with Crippen LogP contribution in [0.4, 0.5) is 0 Å². The number of benzene rings is 2. The van der Waals surface area contributed by atoms with E-state index >= 15 is 0 Å². The monoisotopic (exact) mass is 413 g/mol. The van der Waals surface area contributed by atoms with Gasteiger partial charge >= 0.3 is 0 Å². The normalized spacial score (nSPS) is 15.0. The molecule has 0 spiro atoms. The third-order valence-corrected chi connectivity index (χ3v) is 4.98. The first-order valence-corrected chi connectivity index (χ1v) is 9.96. The predicted molar refractivity (Wildman–Crippen MR) is 106 cm³/mol. The van der Waals surface area contributed by atoms with Crippen molar-refractivity contribution < 1.29 is 23.4 Å². The molecule has 0 saturated carbocycles. The van der Waals surface area contributed by atoms with Gasteiger partial charge in [-0.1, -0.05) is 23.9 Å². The molecule has 1 atom stereocenters. The highest BCUT2D eigenvalue weighted by Gasteiger charge is 2.21. The van der Waals surface area contributed by atoms with Crippen molar-refractivity contribution in [2.24, 2.45) is 0 Å². The van der Waals surface area contributed by atoms with E-state index in [1.807, 2.05) is 48.5 Å². The van der Waals surface area contributed by atoms with Gasteiger partial charge in [0.25, 0.3) is 5.22 Å². The molecular weight excluding hydrogens is 394 g/mol. The smallest absolute Gasteiger partial charge is 0.277 e. The van der Waals surface area contributed by atoms with Crippen molar-refractivity contribution >= 4 is 17.7 Å². The first-order valence-electron chi connectivity index (χ1n) is 8.97. The molecule has 1 aromatic heterocycles. The van der Waals surface area contributed by atoms with Crippen LogP contribution in [0.5, 0.6) is 17.2 Å². The fraction of sp³-hybridized carbons (Fsp3) is 0.250. The van der Waals surface area contributed by atoms with Gasteiger partial charge in [-0.05, 0) is 36.4 Å². The Kier molecular flexibility index (Phi) is 5.85. The van der Waals surface area contributed by atoms with Crippen molar-refractivity contribution in [3.63, 3.8) is 0 Å². The summed E-state index contributed by atoms with van der Waals surface area (Å²) >= 11 is 1.18. The third kappa shape index (κ3) is 4.80. The Balaban J connectivity index is 1.23. The number of nitrogens with zero attached hydrogens (tertiary/aromatic N) is 2. The zero-order valence-electron chi connectivity index (χ0n) is 15.7. The van der Waals surface area contributed by atoms with E-state index in [1.54, 1.807) is 7.11 Å². The number of rotatable bonds is 7. The number of ether oxygens (including phenoxy) is 3. The second kappa shape index (κ2) is 8.87. The quantitative estimate of drug-likeness (QED) is 0.591. The Morgan fingerprint density at radius 1 is 1.17 bits per heavy atom. The van der Waals surface area contributed by atoms with E-state index in [4.69, 9.17) is 18.6 Å². The number of amides is 1. The topological polar surface area (TPSA) is 95.7 Å². The first-order chi connectivity index (χ1) is 14.2. The summed E-state index contributed by atoms with van der Waals surface area (Å²) in [7, 11) is 1.60. The van der Waals surface area contributed by atoms with E-state index in [0.29, 0.717) is 30.0 Å². The zero-order chi connectivity index (χ0) is 20.1. The number of carbonyl (C=O) groups excluding carboxylic acids is 1. The molecular formula is C20H19N3O5S. The van der Waals surface area contributed by atoms with Gasteiger partial charge in [-0.15, -0.1) is 10.2 Å². The number of nitrogens with one attached hydrogen (secondary N) is 1. The molecule has 4 rings (SSSR count). The number of para-hydroxylation sites is 2. The SMILES string of the molecule is COc1ccc(-c2nnc(SCC(=O)NC[C@@H]3COc4ccccc4O3)o2)cc1. The first kappa shape index (κ1) is 19.1. The lowest BCUT2D eigenvalue weighted by molar-refractivity contribution is -0.119. The number of aromatic nitrogens is 2. The molecule has 1 aliphatic heterocycles. The van der Waals surface area contributed by atoms with Gasteiger partial charge in [0.2, 0.25) is 11.8 Å². The highest BCUT2D eigenvalue weighted by atomic mass is 32.2. The fourth-order valence-corrected chi connectivity index (χ4v) is 3.28. The van der Waals surface area contributed by atoms with Crippen molar-refractivity contribution in [3.8, 4) is 28.7 Å². The van der Waals surface area contributed by atoms with Crippen molar-refractivity contribution in [1.29, 1.82) is 0 Å². The van der Waals surface area contributed by atoms with Gasteiger partial charge in [-0.2, -0.15) is 0 Å². The number of hydrogen-bond donors (Lipinski definition) is 1. The molecule has 3 aromatic rings. The van der Waals surface area contributed by atoms with Crippen LogP contribution in [0.1, 0.15) is 0 Å². The van der Waals surface area contributed by atoms with E-state index < -0.39 is 0 Å². The summed E-state index contributed by atoms with van der Waals surface area (Å²) in [4.78, 5) is 12.1. The Morgan fingerprint density at radius 3 is 2.76 bits per heavy atom. The third-order valence-electron chi connectivity index (χ3n) is 4.16. The maximum absolute atomic E-state index is 12.1. The van der Waals surface area contributed by atoms with E-state index in [0.717, 1.165) is 17.1 Å². The van der Waals surface area contributed by atoms with Crippen LogP contribution in [-0.2, 0) is 4.79 Å². The van der Waals surface area contributed by atoms with E-state index in [2.05, 4.69) is 15.5 Å². The van der Waals surface area contributed by atoms with Crippen LogP contribution in [0.3, 0.4) is 0 Å². The molecule has 1 amide bonds. The highest BCUT2D eigenvalue weighted by molar-refractivity contribution is 7.99. The summed E-state index contributed by atoms with van der Waals surface area (Å²) in [5.74, 6) is 2.55. The van der Waals surface area contributed by atoms with Gasteiger partial charge in [0.1, 0.15) is 18.5 Å². The van der Waals surface area contributed by atoms with Crippen LogP contribution in [0, 0.1) is 0 Å². The Bertz CT molecular complexity index is 976. The number of thioether (sulfide) groups is 1. The highest BCUT2D eigenvalue weighted by Crippen LogP contribution is 2.30. The van der Waals surface area contributed by atoms with Crippen molar-refractivity contribution in [1.82, 2.24) is 15.5 Å². The molecule has 150 valence electrons. The van der Waals surface area contributed by atoms with Gasteiger partial charge in [-0.3, -0.25) is 4.79 Å². The number of fused-ring (bicyclic) bond motifs is 1. The zero-order valence-corrected chi connectivity index (χ0v) is 16.5. The van der Waals surface area contributed by atoms with Crippen LogP contribution < -0.4 is 19.5 Å². The molecule has 8 nitrogen and oxygen atoms in total. The van der Waals surface area contributed by atoms with Crippen LogP contribution in [0.25, 0.3) is 11.5 Å². The summed E-state index contributed by atoms with van der Waals surface area (Å²) in [5.41, 5.74) is 0.782. The lowest BCUT2D eigenvalue weighted by atomic mass is 10.2. The second-order valence-electron chi connectivity index (χ2n) is 6.19. The van der Waals surface area contributed by atoms with Crippen LogP contribution in [0.2, 0.25) is 0 Å². The summed E-state index contributed by atoms with van der Waals surface area (Å²) in [6, 6.07) is 14.8. The van der Waals surface area contributed by atoms with Gasteiger partial charge in [0.15, 0.2) is 11.5 Å². The van der Waals surface area contributed by atoms with Crippen LogP contribution in [0.15, 0.2) is 58.2 Å². The minimum Gasteiger partial charge on any atom is -0.497 e. The number of carbonyl (C=O) groups is 1. The maximum Gasteiger partial charge on any atom is 0.277 e. The van der Waals surface area contributed by atoms with E-state index in [9.17, 15) is 4.79 Å². The van der Waals surface area contributed by atoms with Gasteiger partial charge in [-0.25, -0.2) is 0 Å². The molecule has 29 heavy (non-hydrogen) atoms. The second-order valence-corrected chi connectivity index (χ2v) is 7.12. The minimum absolute atomic E-state index is 0.151. The lowest BCUT2D eigenvalue weighted by Gasteiger charge is -2.26. The van der Waals surface area contributed by atoms with Gasteiger partial charge < -0.3 is 23.9 Å². The molecule has 0 aliphatic carbocycles. The Labute approximate surface area is 171 Å². The molecule has 2 aromatic carbocycles. The van der Waals surface area contributed by atoms with Crippen LogP contribution >= 0.6 is 11.8 Å². The largest absolute Gasteiger partial charge is 0.497 e. The molecule has 2 heterocycles. The van der Waals surface area contributed by atoms with Gasteiger partial charge in [0.05, 0.1) is 19.4 Å². The van der Waals surface area contributed by atoms with Crippen molar-refractivity contribution in [2.45, 2.75) is 11.3 Å². The predicted octanol–water partition coefficient (Wildman–Crippen LogP) is 2.79. The summed E-state index contributed by atoms with van der Waals surface area (Å²) in [5, 5.41) is 11.2. The number of methoxy groups -OCH3 is 1. The fourth-order valence-electron chi connectivity index (χ4n) is 2.69. The van der Waals surface area contributed by atoms with Crippen molar-refractivity contribution in [3.05, 3.63) is 48.5 Å². The van der Waals surface area contributed by atoms with E-state index in [1.165, 1.54) is 11.8 Å². The molecule has 0 saturated heterocycles. The average Bonchev–Trinajstić information content (AvgIpc) is 3.25. The summed E-state index contributed by atoms with van der Waals surface area (Å²) < 4.78 is 22.2. The molecule has 0 radical (unpaired) electrons. The molecule has 0 bridgehead atoms. The van der Waals surface area contributed by atoms with Crippen LogP contribution in [-0.4, -0.2) is 48.2 Å². The standard InChI is InChI=1S/C20H19N3O5S/c1-25-14-8-6-13(7-9-14)19-22-23-20(28-19)29-12-18(24)21-10-15-11-26-16-4-2-3-5-17(16)27-15/h2-9,15H,10-12H2,1H3,(H,21,24)/t15-/m1/s1. The Morgan fingerprint density at radius 2 is 1.97 bits per heavy atom. The average molecular weight is 413 g/mol. The molecule has 0 unspecified atom stereocenters. The maximum atomic E-state index is 12.1. The number of hydrogen-bond acceptors (Lipinski definition) is 8. The van der Waals surface area contributed by atoms with Gasteiger partial charge in [0, 0.05) is 5.56 Å². The minimum atomic E-state index is -0.232. The molecule has 0 fully saturated rings. The summed E-state index contributed by atoms with van der Waals surface area (Å²) in [6.07, 6.45) is -0.232.